The number of anilines is 1. The number of ether oxygens (including phenoxy) is 1. The third-order valence-electron chi connectivity index (χ3n) is 3.32. The summed E-state index contributed by atoms with van der Waals surface area (Å²) in [4.78, 5) is 16.3. The van der Waals surface area contributed by atoms with Crippen LogP contribution >= 0.6 is 0 Å². The van der Waals surface area contributed by atoms with Crippen molar-refractivity contribution in [2.24, 2.45) is 10.7 Å². The predicted molar refractivity (Wildman–Crippen MR) is 81.7 cm³/mol. The topological polar surface area (TPSA) is 76.7 Å². The first-order chi connectivity index (χ1) is 10.2. The van der Waals surface area contributed by atoms with Gasteiger partial charge in [0.25, 0.3) is 5.91 Å². The molecule has 3 rings (SSSR count). The number of hydrogen-bond donors (Lipinski definition) is 2. The Morgan fingerprint density at radius 3 is 2.81 bits per heavy atom. The second kappa shape index (κ2) is 5.38. The molecule has 2 aromatic carbocycles. The molecule has 0 fully saturated rings. The number of benzodiazepines with no additional fused rings is 1. The monoisotopic (exact) mass is 281 g/mol. The lowest BCUT2D eigenvalue weighted by atomic mass is 10.0. The summed E-state index contributed by atoms with van der Waals surface area (Å²) in [6.07, 6.45) is -0.932. The zero-order valence-corrected chi connectivity index (χ0v) is 11.5. The Balaban J connectivity index is 2.18. The third-order valence-corrected chi connectivity index (χ3v) is 3.32. The highest BCUT2D eigenvalue weighted by molar-refractivity contribution is 6.19. The van der Waals surface area contributed by atoms with Crippen molar-refractivity contribution in [2.45, 2.75) is 6.17 Å². The summed E-state index contributed by atoms with van der Waals surface area (Å²) in [5.74, 6) is 0.408. The van der Waals surface area contributed by atoms with E-state index in [1.54, 1.807) is 7.11 Å². The van der Waals surface area contributed by atoms with Gasteiger partial charge in [-0.15, -0.1) is 0 Å². The molecule has 1 atom stereocenters. The van der Waals surface area contributed by atoms with E-state index in [0.717, 1.165) is 16.9 Å². The van der Waals surface area contributed by atoms with Crippen molar-refractivity contribution in [1.29, 1.82) is 0 Å². The van der Waals surface area contributed by atoms with E-state index in [-0.39, 0.29) is 5.91 Å². The number of rotatable bonds is 2. The van der Waals surface area contributed by atoms with Gasteiger partial charge in [-0.3, -0.25) is 9.79 Å². The lowest BCUT2D eigenvalue weighted by molar-refractivity contribution is -0.117. The molecule has 0 saturated carbocycles. The minimum atomic E-state index is -0.932. The largest absolute Gasteiger partial charge is 0.497 e. The van der Waals surface area contributed by atoms with Crippen LogP contribution in [0.25, 0.3) is 0 Å². The van der Waals surface area contributed by atoms with Crippen LogP contribution in [0.15, 0.2) is 53.5 Å². The molecule has 0 radical (unpaired) electrons. The molecular weight excluding hydrogens is 266 g/mol. The Hall–Kier alpha value is -2.66. The number of nitrogens with zero attached hydrogens (tertiary/aromatic N) is 1. The summed E-state index contributed by atoms with van der Waals surface area (Å²) in [5.41, 5.74) is 8.90. The van der Waals surface area contributed by atoms with E-state index in [2.05, 4.69) is 10.3 Å². The lowest BCUT2D eigenvalue weighted by Gasteiger charge is -2.10. The molecule has 106 valence electrons. The smallest absolute Gasteiger partial charge is 0.263 e. The number of hydrogen-bond acceptors (Lipinski definition) is 4. The fourth-order valence-electron chi connectivity index (χ4n) is 2.27. The number of nitrogens with one attached hydrogen (secondary N) is 1. The number of benzene rings is 2. The summed E-state index contributed by atoms with van der Waals surface area (Å²) in [5, 5.41) is 2.79. The minimum Gasteiger partial charge on any atom is -0.497 e. The molecule has 5 nitrogen and oxygen atoms in total. The average Bonchev–Trinajstić information content (AvgIpc) is 2.65. The zero-order chi connectivity index (χ0) is 14.8. The van der Waals surface area contributed by atoms with Gasteiger partial charge in [-0.05, 0) is 18.2 Å². The Kier molecular flexibility index (Phi) is 3.41. The summed E-state index contributed by atoms with van der Waals surface area (Å²) in [6.45, 7) is 0. The highest BCUT2D eigenvalue weighted by Gasteiger charge is 2.22. The molecule has 3 N–H and O–H groups in total. The number of methoxy groups -OCH3 is 1. The van der Waals surface area contributed by atoms with Crippen LogP contribution < -0.4 is 15.8 Å². The van der Waals surface area contributed by atoms with Crippen LogP contribution in [0.3, 0.4) is 0 Å². The molecule has 1 unspecified atom stereocenters. The van der Waals surface area contributed by atoms with Gasteiger partial charge in [0.2, 0.25) is 0 Å². The molecule has 2 aromatic rings. The first kappa shape index (κ1) is 13.3. The number of fused-ring (bicyclic) bond motifs is 1. The molecule has 0 aromatic heterocycles. The molecule has 1 amide bonds. The van der Waals surface area contributed by atoms with Crippen molar-refractivity contribution < 1.29 is 9.53 Å². The minimum absolute atomic E-state index is 0.319. The quantitative estimate of drug-likeness (QED) is 0.880. The van der Waals surface area contributed by atoms with Crippen molar-refractivity contribution in [3.8, 4) is 5.75 Å². The van der Waals surface area contributed by atoms with Crippen LogP contribution in [0.2, 0.25) is 0 Å². The lowest BCUT2D eigenvalue weighted by Crippen LogP contribution is -2.33. The molecular formula is C16H15N3O2. The van der Waals surface area contributed by atoms with Crippen LogP contribution in [0.1, 0.15) is 11.1 Å². The first-order valence-electron chi connectivity index (χ1n) is 6.57. The van der Waals surface area contributed by atoms with E-state index in [9.17, 15) is 4.79 Å². The van der Waals surface area contributed by atoms with Crippen LogP contribution in [-0.4, -0.2) is 24.9 Å². The van der Waals surface area contributed by atoms with Crippen molar-refractivity contribution in [3.05, 3.63) is 59.7 Å². The third kappa shape index (κ3) is 2.51. The first-order valence-corrected chi connectivity index (χ1v) is 6.57. The SMILES string of the molecule is COc1cccc(C2=NC(N)C(=O)Nc3ccccc32)c1. The predicted octanol–water partition coefficient (Wildman–Crippen LogP) is 1.77. The average molecular weight is 281 g/mol. The fraction of sp³-hybridized carbons (Fsp3) is 0.125. The van der Waals surface area contributed by atoms with Gasteiger partial charge in [0.15, 0.2) is 6.17 Å². The van der Waals surface area contributed by atoms with Crippen LogP contribution in [-0.2, 0) is 4.79 Å². The second-order valence-electron chi connectivity index (χ2n) is 4.69. The van der Waals surface area contributed by atoms with Gasteiger partial charge < -0.3 is 15.8 Å². The summed E-state index contributed by atoms with van der Waals surface area (Å²) in [6, 6.07) is 15.0. The Morgan fingerprint density at radius 1 is 1.19 bits per heavy atom. The standard InChI is InChI=1S/C16H15N3O2/c1-21-11-6-4-5-10(9-11)14-12-7-2-3-8-13(12)18-16(20)15(17)19-14/h2-9,15H,17H2,1H3,(H,18,20). The molecule has 21 heavy (non-hydrogen) atoms. The molecule has 1 aliphatic rings. The fourth-order valence-corrected chi connectivity index (χ4v) is 2.27. The number of aliphatic imine (C=N–C) groups is 1. The maximum Gasteiger partial charge on any atom is 0.263 e. The molecule has 5 heteroatoms. The van der Waals surface area contributed by atoms with Crippen molar-refractivity contribution in [3.63, 3.8) is 0 Å². The van der Waals surface area contributed by atoms with Crippen LogP contribution in [0.5, 0.6) is 5.75 Å². The number of para-hydroxylation sites is 1. The maximum absolute atomic E-state index is 11.9. The van der Waals surface area contributed by atoms with E-state index < -0.39 is 6.17 Å². The zero-order valence-electron chi connectivity index (χ0n) is 11.5. The van der Waals surface area contributed by atoms with Crippen molar-refractivity contribution in [2.75, 3.05) is 12.4 Å². The van der Waals surface area contributed by atoms with Crippen LogP contribution in [0, 0.1) is 0 Å². The van der Waals surface area contributed by atoms with E-state index in [1.807, 2.05) is 48.5 Å². The van der Waals surface area contributed by atoms with Crippen LogP contribution in [0.4, 0.5) is 5.69 Å². The highest BCUT2D eigenvalue weighted by atomic mass is 16.5. The normalized spacial score (nSPS) is 17.3. The molecule has 0 bridgehead atoms. The second-order valence-corrected chi connectivity index (χ2v) is 4.69. The van der Waals surface area contributed by atoms with E-state index in [0.29, 0.717) is 11.4 Å². The van der Waals surface area contributed by atoms with E-state index in [4.69, 9.17) is 10.5 Å². The van der Waals surface area contributed by atoms with Gasteiger partial charge in [0, 0.05) is 11.1 Å². The number of nitrogens with two attached hydrogens (primary N) is 1. The molecule has 1 aliphatic heterocycles. The van der Waals surface area contributed by atoms with Crippen molar-refractivity contribution in [1.82, 2.24) is 0 Å². The van der Waals surface area contributed by atoms with Gasteiger partial charge in [0.1, 0.15) is 5.75 Å². The number of carbonyl (C=O) groups is 1. The Bertz CT molecular complexity index is 725. The molecule has 0 aliphatic carbocycles. The Labute approximate surface area is 122 Å². The van der Waals surface area contributed by atoms with Gasteiger partial charge in [0.05, 0.1) is 18.5 Å². The van der Waals surface area contributed by atoms with Crippen molar-refractivity contribution >= 4 is 17.3 Å². The summed E-state index contributed by atoms with van der Waals surface area (Å²) in [7, 11) is 1.61. The summed E-state index contributed by atoms with van der Waals surface area (Å²) < 4.78 is 5.24. The molecule has 1 heterocycles. The van der Waals surface area contributed by atoms with Gasteiger partial charge in [-0.1, -0.05) is 30.3 Å². The summed E-state index contributed by atoms with van der Waals surface area (Å²) >= 11 is 0. The van der Waals surface area contributed by atoms with E-state index in [1.165, 1.54) is 0 Å². The van der Waals surface area contributed by atoms with Gasteiger partial charge in [-0.2, -0.15) is 0 Å². The van der Waals surface area contributed by atoms with Gasteiger partial charge >= 0.3 is 0 Å². The molecule has 0 spiro atoms. The maximum atomic E-state index is 11.9. The highest BCUT2D eigenvalue weighted by Crippen LogP contribution is 2.24. The number of carbonyl (C=O) groups excluding carboxylic acids is 1. The number of amides is 1. The van der Waals surface area contributed by atoms with E-state index >= 15 is 0 Å². The molecule has 0 saturated heterocycles. The Morgan fingerprint density at radius 2 is 2.00 bits per heavy atom. The van der Waals surface area contributed by atoms with Gasteiger partial charge in [-0.25, -0.2) is 0 Å².